The van der Waals surface area contributed by atoms with Crippen molar-refractivity contribution < 1.29 is 19.5 Å². The number of rotatable bonds is 5. The summed E-state index contributed by atoms with van der Waals surface area (Å²) in [4.78, 5) is 36.2. The van der Waals surface area contributed by atoms with Crippen LogP contribution >= 0.6 is 23.2 Å². The second kappa shape index (κ2) is 7.62. The Bertz CT molecular complexity index is 700. The van der Waals surface area contributed by atoms with Gasteiger partial charge in [0.1, 0.15) is 6.04 Å². The summed E-state index contributed by atoms with van der Waals surface area (Å²) in [6, 6.07) is 3.41. The van der Waals surface area contributed by atoms with Crippen LogP contribution in [0.25, 0.3) is 0 Å². The van der Waals surface area contributed by atoms with Crippen molar-refractivity contribution in [2.24, 2.45) is 5.41 Å². The first-order valence-electron chi connectivity index (χ1n) is 7.61. The van der Waals surface area contributed by atoms with Crippen molar-refractivity contribution in [3.05, 3.63) is 33.8 Å². The fourth-order valence-electron chi connectivity index (χ4n) is 1.89. The molecule has 2 unspecified atom stereocenters. The molecule has 0 saturated heterocycles. The molecular formula is C17H22Cl2N2O4. The van der Waals surface area contributed by atoms with Gasteiger partial charge in [0, 0.05) is 5.41 Å². The number of carboxylic acid groups (broad SMARTS) is 1. The second-order valence-corrected chi connectivity index (χ2v) is 7.81. The summed E-state index contributed by atoms with van der Waals surface area (Å²) >= 11 is 11.8. The van der Waals surface area contributed by atoms with Crippen molar-refractivity contribution in [1.82, 2.24) is 10.6 Å². The van der Waals surface area contributed by atoms with E-state index in [9.17, 15) is 19.5 Å². The van der Waals surface area contributed by atoms with Crippen molar-refractivity contribution in [2.75, 3.05) is 0 Å². The van der Waals surface area contributed by atoms with Crippen LogP contribution in [0.3, 0.4) is 0 Å². The monoisotopic (exact) mass is 388 g/mol. The zero-order chi connectivity index (χ0) is 19.6. The van der Waals surface area contributed by atoms with Gasteiger partial charge in [-0.1, -0.05) is 50.0 Å². The van der Waals surface area contributed by atoms with Gasteiger partial charge in [-0.25, -0.2) is 4.79 Å². The molecule has 0 aliphatic carbocycles. The summed E-state index contributed by atoms with van der Waals surface area (Å²) < 4.78 is 0. The highest BCUT2D eigenvalue weighted by atomic mass is 35.5. The average molecular weight is 389 g/mol. The van der Waals surface area contributed by atoms with Crippen LogP contribution in [0, 0.1) is 5.41 Å². The Balaban J connectivity index is 3.04. The normalized spacial score (nSPS) is 15.0. The molecule has 0 aromatic heterocycles. The molecule has 3 N–H and O–H groups in total. The van der Waals surface area contributed by atoms with E-state index in [1.54, 1.807) is 20.8 Å². The number of carbonyl (C=O) groups excluding carboxylic acids is 2. The molecule has 1 aromatic carbocycles. The SMILES string of the molecule is CC(NC(=O)C(C)(C)C)C(=O)NC(C)(C(=O)O)c1ccc(Cl)c(Cl)c1. The molecule has 6 nitrogen and oxygen atoms in total. The third kappa shape index (κ3) is 5.09. The third-order valence-electron chi connectivity index (χ3n) is 3.72. The van der Waals surface area contributed by atoms with E-state index in [0.29, 0.717) is 0 Å². The first kappa shape index (κ1) is 21.3. The summed E-state index contributed by atoms with van der Waals surface area (Å²) in [5, 5.41) is 15.1. The highest BCUT2D eigenvalue weighted by Crippen LogP contribution is 2.29. The minimum absolute atomic E-state index is 0.176. The van der Waals surface area contributed by atoms with Crippen LogP contribution in [-0.4, -0.2) is 28.9 Å². The van der Waals surface area contributed by atoms with Gasteiger partial charge in [0.25, 0.3) is 0 Å². The van der Waals surface area contributed by atoms with Crippen molar-refractivity contribution in [1.29, 1.82) is 0 Å². The van der Waals surface area contributed by atoms with Crippen LogP contribution in [0.15, 0.2) is 18.2 Å². The molecule has 2 amide bonds. The standard InChI is InChI=1S/C17H22Cl2N2O4/c1-9(20-14(23)16(2,3)4)13(22)21-17(5,15(24)25)10-6-7-11(18)12(19)8-10/h6-9H,1-5H3,(H,20,23)(H,21,22)(H,24,25). The maximum atomic E-state index is 12.4. The van der Waals surface area contributed by atoms with E-state index in [-0.39, 0.29) is 21.5 Å². The van der Waals surface area contributed by atoms with E-state index >= 15 is 0 Å². The fourth-order valence-corrected chi connectivity index (χ4v) is 2.19. The molecule has 138 valence electrons. The largest absolute Gasteiger partial charge is 0.479 e. The summed E-state index contributed by atoms with van der Waals surface area (Å²) in [5.74, 6) is -2.22. The lowest BCUT2D eigenvalue weighted by molar-refractivity contribution is -0.147. The average Bonchev–Trinajstić information content (AvgIpc) is 2.48. The van der Waals surface area contributed by atoms with Crippen LogP contribution in [0.1, 0.15) is 40.2 Å². The van der Waals surface area contributed by atoms with Gasteiger partial charge in [0.05, 0.1) is 10.0 Å². The molecule has 1 aromatic rings. The van der Waals surface area contributed by atoms with E-state index in [1.807, 2.05) is 0 Å². The van der Waals surface area contributed by atoms with E-state index in [2.05, 4.69) is 10.6 Å². The zero-order valence-corrected chi connectivity index (χ0v) is 16.2. The minimum atomic E-state index is -1.73. The van der Waals surface area contributed by atoms with Gasteiger partial charge in [-0.3, -0.25) is 9.59 Å². The van der Waals surface area contributed by atoms with Crippen molar-refractivity contribution in [3.63, 3.8) is 0 Å². The third-order valence-corrected chi connectivity index (χ3v) is 4.46. The number of hydrogen-bond acceptors (Lipinski definition) is 3. The highest BCUT2D eigenvalue weighted by molar-refractivity contribution is 6.42. The Hall–Kier alpha value is -1.79. The first-order chi connectivity index (χ1) is 11.3. The quantitative estimate of drug-likeness (QED) is 0.722. The Kier molecular flexibility index (Phi) is 6.48. The molecule has 0 aliphatic rings. The van der Waals surface area contributed by atoms with Crippen LogP contribution in [0.4, 0.5) is 0 Å². The van der Waals surface area contributed by atoms with Gasteiger partial charge in [-0.15, -0.1) is 0 Å². The van der Waals surface area contributed by atoms with Crippen molar-refractivity contribution in [2.45, 2.75) is 46.2 Å². The maximum Gasteiger partial charge on any atom is 0.333 e. The first-order valence-corrected chi connectivity index (χ1v) is 8.36. The smallest absolute Gasteiger partial charge is 0.333 e. The summed E-state index contributed by atoms with van der Waals surface area (Å²) in [6.07, 6.45) is 0. The molecule has 0 spiro atoms. The summed E-state index contributed by atoms with van der Waals surface area (Å²) in [6.45, 7) is 7.96. The predicted molar refractivity (Wildman–Crippen MR) is 96.7 cm³/mol. The van der Waals surface area contributed by atoms with Crippen LogP contribution in [0.2, 0.25) is 10.0 Å². The van der Waals surface area contributed by atoms with E-state index in [1.165, 1.54) is 32.0 Å². The summed E-state index contributed by atoms with van der Waals surface area (Å²) in [5.41, 5.74) is -2.14. The number of aliphatic carboxylic acids is 1. The lowest BCUT2D eigenvalue weighted by Gasteiger charge is -2.29. The van der Waals surface area contributed by atoms with E-state index < -0.39 is 28.9 Å². The van der Waals surface area contributed by atoms with Gasteiger partial charge in [-0.2, -0.15) is 0 Å². The second-order valence-electron chi connectivity index (χ2n) is 6.99. The van der Waals surface area contributed by atoms with Crippen LogP contribution < -0.4 is 10.6 Å². The topological polar surface area (TPSA) is 95.5 Å². The molecular weight excluding hydrogens is 367 g/mol. The van der Waals surface area contributed by atoms with Gasteiger partial charge >= 0.3 is 5.97 Å². The predicted octanol–water partition coefficient (Wildman–Crippen LogP) is 2.96. The van der Waals surface area contributed by atoms with E-state index in [0.717, 1.165) is 0 Å². The molecule has 0 bridgehead atoms. The molecule has 0 radical (unpaired) electrons. The molecule has 0 heterocycles. The van der Waals surface area contributed by atoms with Gasteiger partial charge in [-0.05, 0) is 31.5 Å². The van der Waals surface area contributed by atoms with Crippen LogP contribution in [0.5, 0.6) is 0 Å². The Morgan fingerprint density at radius 3 is 2.08 bits per heavy atom. The molecule has 8 heteroatoms. The Morgan fingerprint density at radius 2 is 1.64 bits per heavy atom. The highest BCUT2D eigenvalue weighted by Gasteiger charge is 2.38. The minimum Gasteiger partial charge on any atom is -0.479 e. The van der Waals surface area contributed by atoms with Crippen LogP contribution in [-0.2, 0) is 19.9 Å². The maximum absolute atomic E-state index is 12.4. The van der Waals surface area contributed by atoms with Crippen molar-refractivity contribution in [3.8, 4) is 0 Å². The zero-order valence-electron chi connectivity index (χ0n) is 14.7. The van der Waals surface area contributed by atoms with Gasteiger partial charge < -0.3 is 15.7 Å². The number of carboxylic acids is 1. The molecule has 0 aliphatic heterocycles. The van der Waals surface area contributed by atoms with Crippen molar-refractivity contribution >= 4 is 41.0 Å². The van der Waals surface area contributed by atoms with Gasteiger partial charge in [0.15, 0.2) is 5.54 Å². The number of nitrogens with one attached hydrogen (secondary N) is 2. The summed E-state index contributed by atoms with van der Waals surface area (Å²) in [7, 11) is 0. The lowest BCUT2D eigenvalue weighted by Crippen LogP contribution is -2.56. The number of carbonyl (C=O) groups is 3. The van der Waals surface area contributed by atoms with Gasteiger partial charge in [0.2, 0.25) is 11.8 Å². The molecule has 0 saturated carbocycles. The number of hydrogen-bond donors (Lipinski definition) is 3. The molecule has 1 rings (SSSR count). The molecule has 25 heavy (non-hydrogen) atoms. The number of halogens is 2. The Labute approximate surface area is 156 Å². The lowest BCUT2D eigenvalue weighted by atomic mass is 9.91. The number of benzene rings is 1. The van der Waals surface area contributed by atoms with E-state index in [4.69, 9.17) is 23.2 Å². The molecule has 2 atom stereocenters. The molecule has 0 fully saturated rings. The fraction of sp³-hybridized carbons (Fsp3) is 0.471. The number of amides is 2. The Morgan fingerprint density at radius 1 is 1.08 bits per heavy atom.